The number of aliphatic hydroxyl groups excluding tert-OH is 1. The van der Waals surface area contributed by atoms with Crippen molar-refractivity contribution in [1.82, 2.24) is 0 Å². The van der Waals surface area contributed by atoms with Crippen molar-refractivity contribution in [3.8, 4) is 5.75 Å². The van der Waals surface area contributed by atoms with E-state index in [-0.39, 0.29) is 12.4 Å². The summed E-state index contributed by atoms with van der Waals surface area (Å²) in [7, 11) is 0. The predicted octanol–water partition coefficient (Wildman–Crippen LogP) is 2.04. The van der Waals surface area contributed by atoms with Gasteiger partial charge in [-0.25, -0.2) is 0 Å². The highest BCUT2D eigenvalue weighted by Gasteiger charge is 2.49. The summed E-state index contributed by atoms with van der Waals surface area (Å²) in [5.74, 6) is 0.825. The van der Waals surface area contributed by atoms with E-state index < -0.39 is 5.41 Å². The molecular formula is C13H16O3. The monoisotopic (exact) mass is 220 g/mol. The number of aliphatic hydroxyl groups is 1. The maximum absolute atomic E-state index is 12.0. The lowest BCUT2D eigenvalue weighted by Gasteiger charge is -2.10. The summed E-state index contributed by atoms with van der Waals surface area (Å²) in [6, 6.07) is 7.13. The number of carbonyl (C=O) groups is 1. The summed E-state index contributed by atoms with van der Waals surface area (Å²) in [6.45, 7) is 2.50. The second kappa shape index (κ2) is 4.26. The summed E-state index contributed by atoms with van der Waals surface area (Å²) in [4.78, 5) is 12.0. The van der Waals surface area contributed by atoms with Crippen molar-refractivity contribution in [3.63, 3.8) is 0 Å². The zero-order valence-electron chi connectivity index (χ0n) is 9.40. The number of carbonyl (C=O) groups excluding carboxylic acids is 1. The normalized spacial score (nSPS) is 16.9. The first kappa shape index (κ1) is 11.1. The minimum absolute atomic E-state index is 0.0426. The Morgan fingerprint density at radius 3 is 2.44 bits per heavy atom. The Labute approximate surface area is 95.0 Å². The molecule has 16 heavy (non-hydrogen) atoms. The van der Waals surface area contributed by atoms with Crippen LogP contribution in [-0.2, 0) is 0 Å². The zero-order valence-corrected chi connectivity index (χ0v) is 9.40. The van der Waals surface area contributed by atoms with E-state index in [1.54, 1.807) is 24.3 Å². The molecule has 1 saturated carbocycles. The number of rotatable bonds is 5. The van der Waals surface area contributed by atoms with E-state index in [2.05, 4.69) is 0 Å². The standard InChI is InChI=1S/C13H16O3/c1-2-16-11-5-3-10(4-6-11)12(15)13(9-14)7-8-13/h3-6,14H,2,7-9H2,1H3. The van der Waals surface area contributed by atoms with Crippen LogP contribution in [0.2, 0.25) is 0 Å². The summed E-state index contributed by atoms with van der Waals surface area (Å²) in [5, 5.41) is 9.18. The topological polar surface area (TPSA) is 46.5 Å². The Bertz CT molecular complexity index is 377. The van der Waals surface area contributed by atoms with Crippen molar-refractivity contribution in [2.75, 3.05) is 13.2 Å². The van der Waals surface area contributed by atoms with Gasteiger partial charge in [-0.3, -0.25) is 4.79 Å². The van der Waals surface area contributed by atoms with E-state index in [1.807, 2.05) is 6.92 Å². The number of ketones is 1. The molecule has 1 fully saturated rings. The van der Waals surface area contributed by atoms with Crippen LogP contribution in [0.3, 0.4) is 0 Å². The van der Waals surface area contributed by atoms with E-state index in [9.17, 15) is 9.90 Å². The number of ether oxygens (including phenoxy) is 1. The molecule has 0 saturated heterocycles. The summed E-state index contributed by atoms with van der Waals surface area (Å²) >= 11 is 0. The molecule has 3 heteroatoms. The number of Topliss-reactive ketones (excluding diaryl/α,β-unsaturated/α-hetero) is 1. The molecule has 1 aliphatic carbocycles. The number of hydrogen-bond donors (Lipinski definition) is 1. The van der Waals surface area contributed by atoms with E-state index in [4.69, 9.17) is 4.74 Å². The molecule has 0 aromatic heterocycles. The summed E-state index contributed by atoms with van der Waals surface area (Å²) < 4.78 is 5.31. The Kier molecular flexibility index (Phi) is 2.97. The van der Waals surface area contributed by atoms with Crippen LogP contribution < -0.4 is 4.74 Å². The Hall–Kier alpha value is -1.35. The van der Waals surface area contributed by atoms with Gasteiger partial charge in [0.2, 0.25) is 0 Å². The molecule has 2 rings (SSSR count). The van der Waals surface area contributed by atoms with Crippen molar-refractivity contribution in [2.45, 2.75) is 19.8 Å². The first-order valence-corrected chi connectivity index (χ1v) is 5.60. The van der Waals surface area contributed by atoms with Gasteiger partial charge in [0.25, 0.3) is 0 Å². The summed E-state index contributed by atoms with van der Waals surface area (Å²) in [6.07, 6.45) is 1.60. The van der Waals surface area contributed by atoms with E-state index >= 15 is 0 Å². The van der Waals surface area contributed by atoms with Crippen molar-refractivity contribution in [2.24, 2.45) is 5.41 Å². The molecule has 0 aliphatic heterocycles. The van der Waals surface area contributed by atoms with Crippen LogP contribution in [0.25, 0.3) is 0 Å². The van der Waals surface area contributed by atoms with Gasteiger partial charge in [-0.05, 0) is 44.0 Å². The molecule has 86 valence electrons. The Balaban J connectivity index is 2.13. The lowest BCUT2D eigenvalue weighted by molar-refractivity contribution is 0.0829. The van der Waals surface area contributed by atoms with Crippen molar-refractivity contribution in [1.29, 1.82) is 0 Å². The highest BCUT2D eigenvalue weighted by molar-refractivity contribution is 6.02. The first-order valence-electron chi connectivity index (χ1n) is 5.60. The molecule has 0 bridgehead atoms. The SMILES string of the molecule is CCOc1ccc(C(=O)C2(CO)CC2)cc1. The number of benzene rings is 1. The highest BCUT2D eigenvalue weighted by Crippen LogP contribution is 2.47. The highest BCUT2D eigenvalue weighted by atomic mass is 16.5. The summed E-state index contributed by atoms with van der Waals surface area (Å²) in [5.41, 5.74) is 0.183. The van der Waals surface area contributed by atoms with Crippen LogP contribution in [0, 0.1) is 5.41 Å². The van der Waals surface area contributed by atoms with Gasteiger partial charge in [-0.1, -0.05) is 0 Å². The third-order valence-electron chi connectivity index (χ3n) is 3.07. The van der Waals surface area contributed by atoms with Crippen LogP contribution in [0.4, 0.5) is 0 Å². The molecule has 1 aromatic rings. The van der Waals surface area contributed by atoms with Gasteiger partial charge in [0, 0.05) is 5.56 Å². The molecule has 0 atom stereocenters. The third-order valence-corrected chi connectivity index (χ3v) is 3.07. The van der Waals surface area contributed by atoms with Crippen molar-refractivity contribution >= 4 is 5.78 Å². The third kappa shape index (κ3) is 1.95. The fourth-order valence-corrected chi connectivity index (χ4v) is 1.78. The minimum atomic E-state index is -0.479. The second-order valence-electron chi connectivity index (χ2n) is 4.22. The lowest BCUT2D eigenvalue weighted by atomic mass is 9.96. The van der Waals surface area contributed by atoms with Gasteiger partial charge in [0.05, 0.1) is 18.6 Å². The quantitative estimate of drug-likeness (QED) is 0.772. The minimum Gasteiger partial charge on any atom is -0.494 e. The fraction of sp³-hybridized carbons (Fsp3) is 0.462. The molecule has 1 aliphatic rings. The maximum Gasteiger partial charge on any atom is 0.171 e. The Morgan fingerprint density at radius 1 is 1.38 bits per heavy atom. The predicted molar refractivity (Wildman–Crippen MR) is 60.7 cm³/mol. The molecule has 0 amide bonds. The van der Waals surface area contributed by atoms with Gasteiger partial charge in [-0.2, -0.15) is 0 Å². The average Bonchev–Trinajstić information content (AvgIpc) is 3.10. The fourth-order valence-electron chi connectivity index (χ4n) is 1.78. The lowest BCUT2D eigenvalue weighted by Crippen LogP contribution is -2.19. The smallest absolute Gasteiger partial charge is 0.171 e. The average molecular weight is 220 g/mol. The van der Waals surface area contributed by atoms with Gasteiger partial charge in [-0.15, -0.1) is 0 Å². The van der Waals surface area contributed by atoms with Gasteiger partial charge in [0.15, 0.2) is 5.78 Å². The van der Waals surface area contributed by atoms with E-state index in [1.165, 1.54) is 0 Å². The largest absolute Gasteiger partial charge is 0.494 e. The van der Waals surface area contributed by atoms with Crippen LogP contribution in [0.1, 0.15) is 30.1 Å². The van der Waals surface area contributed by atoms with Crippen LogP contribution >= 0.6 is 0 Å². The van der Waals surface area contributed by atoms with Crippen LogP contribution in [-0.4, -0.2) is 24.1 Å². The van der Waals surface area contributed by atoms with E-state index in [0.29, 0.717) is 12.2 Å². The molecule has 3 nitrogen and oxygen atoms in total. The molecule has 0 unspecified atom stereocenters. The second-order valence-corrected chi connectivity index (χ2v) is 4.22. The van der Waals surface area contributed by atoms with Crippen molar-refractivity contribution < 1.29 is 14.6 Å². The van der Waals surface area contributed by atoms with Gasteiger partial charge < -0.3 is 9.84 Å². The van der Waals surface area contributed by atoms with E-state index in [0.717, 1.165) is 18.6 Å². The molecule has 0 spiro atoms. The molecule has 1 N–H and O–H groups in total. The number of hydrogen-bond acceptors (Lipinski definition) is 3. The molecule has 1 aromatic carbocycles. The Morgan fingerprint density at radius 2 is 2.00 bits per heavy atom. The maximum atomic E-state index is 12.0. The van der Waals surface area contributed by atoms with Crippen LogP contribution in [0.5, 0.6) is 5.75 Å². The van der Waals surface area contributed by atoms with Crippen molar-refractivity contribution in [3.05, 3.63) is 29.8 Å². The molecular weight excluding hydrogens is 204 g/mol. The first-order chi connectivity index (χ1) is 7.72. The van der Waals surface area contributed by atoms with Gasteiger partial charge >= 0.3 is 0 Å². The zero-order chi connectivity index (χ0) is 11.6. The molecule has 0 heterocycles. The van der Waals surface area contributed by atoms with Crippen LogP contribution in [0.15, 0.2) is 24.3 Å². The van der Waals surface area contributed by atoms with Gasteiger partial charge in [0.1, 0.15) is 5.75 Å². The molecule has 0 radical (unpaired) electrons.